The van der Waals surface area contributed by atoms with Crippen LogP contribution >= 0.6 is 15.9 Å². The van der Waals surface area contributed by atoms with E-state index in [0.717, 1.165) is 35.6 Å². The van der Waals surface area contributed by atoms with Gasteiger partial charge in [0.2, 0.25) is 0 Å². The predicted octanol–water partition coefficient (Wildman–Crippen LogP) is 3.94. The molecule has 1 saturated carbocycles. The summed E-state index contributed by atoms with van der Waals surface area (Å²) >= 11 is 3.46. The average Bonchev–Trinajstić information content (AvgIpc) is 3.28. The van der Waals surface area contributed by atoms with Crippen LogP contribution in [0.15, 0.2) is 22.7 Å². The summed E-state index contributed by atoms with van der Waals surface area (Å²) in [5, 5.41) is 3.69. The van der Waals surface area contributed by atoms with Gasteiger partial charge in [0, 0.05) is 41.8 Å². The Morgan fingerprint density at radius 1 is 1.38 bits per heavy atom. The highest BCUT2D eigenvalue weighted by Gasteiger charge is 2.38. The van der Waals surface area contributed by atoms with E-state index in [4.69, 9.17) is 0 Å². The number of nitrogens with one attached hydrogen (secondary N) is 1. The topological polar surface area (TPSA) is 15.3 Å². The lowest BCUT2D eigenvalue weighted by Crippen LogP contribution is -2.56. The number of nitrogens with zero attached hydrogens (tertiary/aromatic N) is 1. The fourth-order valence-electron chi connectivity index (χ4n) is 3.45. The Morgan fingerprint density at radius 2 is 2.19 bits per heavy atom. The molecule has 0 radical (unpaired) electrons. The predicted molar refractivity (Wildman–Crippen MR) is 87.7 cm³/mol. The summed E-state index contributed by atoms with van der Waals surface area (Å²) in [4.78, 5) is 2.51. The molecule has 1 saturated heterocycles. The number of hydrogen-bond donors (Lipinski definition) is 1. The second-order valence-corrected chi connectivity index (χ2v) is 7.38. The minimum absolute atomic E-state index is 0.0849. The number of rotatable bonds is 5. The molecule has 0 bridgehead atoms. The van der Waals surface area contributed by atoms with Gasteiger partial charge in [-0.15, -0.1) is 0 Å². The van der Waals surface area contributed by atoms with Gasteiger partial charge in [-0.25, -0.2) is 4.39 Å². The minimum Gasteiger partial charge on any atom is -0.311 e. The smallest absolute Gasteiger partial charge is 0.127 e. The van der Waals surface area contributed by atoms with Crippen LogP contribution in [0.5, 0.6) is 0 Å². The Hall–Kier alpha value is -0.450. The van der Waals surface area contributed by atoms with E-state index in [1.807, 2.05) is 6.07 Å². The molecule has 2 atom stereocenters. The molecule has 21 heavy (non-hydrogen) atoms. The monoisotopic (exact) mass is 354 g/mol. The van der Waals surface area contributed by atoms with Gasteiger partial charge in [-0.2, -0.15) is 0 Å². The van der Waals surface area contributed by atoms with Crippen molar-refractivity contribution in [3.05, 3.63) is 34.1 Å². The van der Waals surface area contributed by atoms with Crippen LogP contribution in [-0.4, -0.2) is 30.1 Å². The van der Waals surface area contributed by atoms with Gasteiger partial charge in [0.1, 0.15) is 5.82 Å². The van der Waals surface area contributed by atoms with Crippen molar-refractivity contribution in [1.29, 1.82) is 0 Å². The van der Waals surface area contributed by atoms with Crippen LogP contribution in [0.2, 0.25) is 0 Å². The Kier molecular flexibility index (Phi) is 4.97. The number of hydrogen-bond acceptors (Lipinski definition) is 2. The number of benzene rings is 1. The zero-order valence-electron chi connectivity index (χ0n) is 12.6. The molecule has 2 nitrogen and oxygen atoms in total. The van der Waals surface area contributed by atoms with Crippen LogP contribution in [0.4, 0.5) is 4.39 Å². The van der Waals surface area contributed by atoms with Crippen molar-refractivity contribution in [1.82, 2.24) is 10.2 Å². The quantitative estimate of drug-likeness (QED) is 0.861. The van der Waals surface area contributed by atoms with E-state index in [-0.39, 0.29) is 5.82 Å². The molecular weight excluding hydrogens is 331 g/mol. The zero-order chi connectivity index (χ0) is 14.8. The fraction of sp³-hybridized carbons (Fsp3) is 0.647. The highest BCUT2D eigenvalue weighted by atomic mass is 79.9. The first-order valence-electron chi connectivity index (χ1n) is 8.08. The van der Waals surface area contributed by atoms with Crippen molar-refractivity contribution >= 4 is 15.9 Å². The van der Waals surface area contributed by atoms with Crippen LogP contribution in [0.25, 0.3) is 0 Å². The third-order valence-electron chi connectivity index (χ3n) is 4.72. The molecule has 3 rings (SSSR count). The lowest BCUT2D eigenvalue weighted by atomic mass is 10.0. The van der Waals surface area contributed by atoms with E-state index >= 15 is 0 Å². The number of halogens is 2. The van der Waals surface area contributed by atoms with Crippen LogP contribution in [0.3, 0.4) is 0 Å². The van der Waals surface area contributed by atoms with E-state index in [2.05, 4.69) is 33.1 Å². The minimum atomic E-state index is -0.0849. The third kappa shape index (κ3) is 3.85. The van der Waals surface area contributed by atoms with Crippen LogP contribution in [0.1, 0.15) is 38.2 Å². The van der Waals surface area contributed by atoms with Crippen LogP contribution < -0.4 is 5.32 Å². The molecule has 1 heterocycles. The van der Waals surface area contributed by atoms with Gasteiger partial charge < -0.3 is 5.32 Å². The van der Waals surface area contributed by atoms with Crippen LogP contribution in [0, 0.1) is 11.7 Å². The molecule has 2 aliphatic rings. The second-order valence-electron chi connectivity index (χ2n) is 6.46. The fourth-order valence-corrected chi connectivity index (χ4v) is 3.86. The molecule has 1 aromatic carbocycles. The van der Waals surface area contributed by atoms with Crippen molar-refractivity contribution in [2.45, 2.75) is 51.2 Å². The summed E-state index contributed by atoms with van der Waals surface area (Å²) in [5.41, 5.74) is 0.812. The standard InChI is InChI=1S/C17H24BrFN2/c1-2-3-15-11-21(17(9-20-15)12-4-5-12)10-13-8-14(18)6-7-16(13)19/h6-8,12,15,17,20H,2-5,9-11H2,1H3. The summed E-state index contributed by atoms with van der Waals surface area (Å²) in [5.74, 6) is 0.730. The van der Waals surface area contributed by atoms with Crippen molar-refractivity contribution < 1.29 is 4.39 Å². The van der Waals surface area contributed by atoms with Gasteiger partial charge in [-0.1, -0.05) is 29.3 Å². The normalized spacial score (nSPS) is 27.0. The molecule has 4 heteroatoms. The van der Waals surface area contributed by atoms with Gasteiger partial charge in [0.15, 0.2) is 0 Å². The van der Waals surface area contributed by atoms with E-state index in [1.54, 1.807) is 12.1 Å². The molecule has 0 amide bonds. The highest BCUT2D eigenvalue weighted by molar-refractivity contribution is 9.10. The Labute approximate surface area is 135 Å². The van der Waals surface area contributed by atoms with E-state index in [0.29, 0.717) is 12.1 Å². The molecule has 1 aromatic rings. The molecule has 1 aliphatic heterocycles. The molecule has 2 unspecified atom stereocenters. The molecular formula is C17H24BrFN2. The zero-order valence-corrected chi connectivity index (χ0v) is 14.2. The summed E-state index contributed by atoms with van der Waals surface area (Å²) < 4.78 is 15.0. The van der Waals surface area contributed by atoms with Gasteiger partial charge in [0.05, 0.1) is 0 Å². The summed E-state index contributed by atoms with van der Waals surface area (Å²) in [6, 6.07) is 6.40. The molecule has 1 N–H and O–H groups in total. The van der Waals surface area contributed by atoms with Crippen molar-refractivity contribution in [2.24, 2.45) is 5.92 Å². The van der Waals surface area contributed by atoms with E-state index < -0.39 is 0 Å². The maximum Gasteiger partial charge on any atom is 0.127 e. The second kappa shape index (κ2) is 6.76. The van der Waals surface area contributed by atoms with Gasteiger partial charge in [-0.05, 0) is 43.4 Å². The van der Waals surface area contributed by atoms with Crippen molar-refractivity contribution in [3.63, 3.8) is 0 Å². The first-order valence-corrected chi connectivity index (χ1v) is 8.88. The first-order chi connectivity index (χ1) is 10.2. The van der Waals surface area contributed by atoms with Crippen molar-refractivity contribution in [3.8, 4) is 0 Å². The first kappa shape index (κ1) is 15.4. The largest absolute Gasteiger partial charge is 0.311 e. The molecule has 0 aromatic heterocycles. The Balaban J connectivity index is 1.73. The molecule has 2 fully saturated rings. The average molecular weight is 355 g/mol. The van der Waals surface area contributed by atoms with Gasteiger partial charge in [0.25, 0.3) is 0 Å². The van der Waals surface area contributed by atoms with Gasteiger partial charge in [-0.3, -0.25) is 4.90 Å². The maximum atomic E-state index is 14.1. The molecule has 116 valence electrons. The lowest BCUT2D eigenvalue weighted by Gasteiger charge is -2.41. The maximum absolute atomic E-state index is 14.1. The highest BCUT2D eigenvalue weighted by Crippen LogP contribution is 2.37. The number of piperazine rings is 1. The summed E-state index contributed by atoms with van der Waals surface area (Å²) in [6.45, 7) is 5.06. The summed E-state index contributed by atoms with van der Waals surface area (Å²) in [6.07, 6.45) is 5.07. The molecule has 1 aliphatic carbocycles. The van der Waals surface area contributed by atoms with E-state index in [9.17, 15) is 4.39 Å². The Bertz CT molecular complexity index is 490. The van der Waals surface area contributed by atoms with Gasteiger partial charge >= 0.3 is 0 Å². The SMILES string of the molecule is CCCC1CN(Cc2cc(Br)ccc2F)C(C2CC2)CN1. The Morgan fingerprint density at radius 3 is 2.90 bits per heavy atom. The van der Waals surface area contributed by atoms with Crippen molar-refractivity contribution in [2.75, 3.05) is 13.1 Å². The third-order valence-corrected chi connectivity index (χ3v) is 5.22. The lowest BCUT2D eigenvalue weighted by molar-refractivity contribution is 0.103. The van der Waals surface area contributed by atoms with E-state index in [1.165, 1.54) is 25.7 Å². The summed E-state index contributed by atoms with van der Waals surface area (Å²) in [7, 11) is 0. The van der Waals surface area contributed by atoms with Crippen LogP contribution in [-0.2, 0) is 6.54 Å². The molecule has 0 spiro atoms.